The molecule has 2 aromatic rings. The summed E-state index contributed by atoms with van der Waals surface area (Å²) in [5.74, 6) is -1.20. The third-order valence-corrected chi connectivity index (χ3v) is 3.95. The lowest BCUT2D eigenvalue weighted by atomic mass is 9.93. The molecular formula is C18H15FN4O. The predicted molar refractivity (Wildman–Crippen MR) is 86.8 cm³/mol. The number of hydrogen-bond acceptors (Lipinski definition) is 4. The maximum atomic E-state index is 13.9. The molecule has 0 saturated heterocycles. The molecule has 1 aromatic carbocycles. The first-order valence-corrected chi connectivity index (χ1v) is 7.45. The van der Waals surface area contributed by atoms with E-state index in [4.69, 9.17) is 0 Å². The number of aromatic nitrogens is 1. The van der Waals surface area contributed by atoms with Gasteiger partial charge in [-0.2, -0.15) is 10.4 Å². The molecule has 0 unspecified atom stereocenters. The highest BCUT2D eigenvalue weighted by Crippen LogP contribution is 2.32. The molecule has 1 aliphatic heterocycles. The molecule has 0 radical (unpaired) electrons. The molecule has 2 heterocycles. The molecule has 3 rings (SSSR count). The molecule has 1 aliphatic rings. The molecule has 0 spiro atoms. The van der Waals surface area contributed by atoms with E-state index in [0.717, 1.165) is 6.20 Å². The van der Waals surface area contributed by atoms with Gasteiger partial charge in [-0.05, 0) is 26.0 Å². The average molecular weight is 322 g/mol. The molecule has 5 nitrogen and oxygen atoms in total. The van der Waals surface area contributed by atoms with Crippen LogP contribution in [0.2, 0.25) is 0 Å². The number of amides is 1. The van der Waals surface area contributed by atoms with Crippen LogP contribution in [0, 0.1) is 17.1 Å². The van der Waals surface area contributed by atoms with Crippen molar-refractivity contribution in [1.82, 2.24) is 9.99 Å². The lowest BCUT2D eigenvalue weighted by Crippen LogP contribution is -2.41. The Morgan fingerprint density at radius 1 is 1.33 bits per heavy atom. The van der Waals surface area contributed by atoms with Gasteiger partial charge in [0.25, 0.3) is 5.91 Å². The number of carbonyl (C=O) groups is 1. The molecule has 0 fully saturated rings. The molecule has 0 N–H and O–H groups in total. The van der Waals surface area contributed by atoms with Crippen LogP contribution in [0.15, 0.2) is 47.8 Å². The lowest BCUT2D eigenvalue weighted by molar-refractivity contribution is 0.0607. The highest BCUT2D eigenvalue weighted by molar-refractivity contribution is 6.06. The number of nitriles is 1. The number of benzene rings is 1. The number of pyridine rings is 1. The molecule has 1 amide bonds. The zero-order valence-corrected chi connectivity index (χ0v) is 13.3. The van der Waals surface area contributed by atoms with Crippen LogP contribution in [0.1, 0.15) is 41.8 Å². The molecule has 6 heteroatoms. The van der Waals surface area contributed by atoms with Crippen LogP contribution >= 0.6 is 0 Å². The first-order chi connectivity index (χ1) is 11.4. The zero-order chi connectivity index (χ0) is 17.3. The van der Waals surface area contributed by atoms with E-state index in [0.29, 0.717) is 23.3 Å². The average Bonchev–Trinajstić information content (AvgIpc) is 2.90. The van der Waals surface area contributed by atoms with Gasteiger partial charge in [0.1, 0.15) is 0 Å². The number of carbonyl (C=O) groups excluding carboxylic acids is 1. The summed E-state index contributed by atoms with van der Waals surface area (Å²) < 4.78 is 13.9. The molecule has 0 saturated carbocycles. The van der Waals surface area contributed by atoms with E-state index >= 15 is 0 Å². The van der Waals surface area contributed by atoms with E-state index in [1.54, 1.807) is 18.2 Å². The van der Waals surface area contributed by atoms with Gasteiger partial charge in [0.05, 0.1) is 34.6 Å². The molecule has 24 heavy (non-hydrogen) atoms. The second-order valence-electron chi connectivity index (χ2n) is 6.17. The third kappa shape index (κ3) is 2.65. The summed E-state index contributed by atoms with van der Waals surface area (Å²) >= 11 is 0. The van der Waals surface area contributed by atoms with Crippen LogP contribution in [0.4, 0.5) is 4.39 Å². The summed E-state index contributed by atoms with van der Waals surface area (Å²) in [6.45, 7) is 3.71. The minimum absolute atomic E-state index is 0.0726. The smallest absolute Gasteiger partial charge is 0.267 e. The van der Waals surface area contributed by atoms with Gasteiger partial charge in [-0.3, -0.25) is 9.78 Å². The fourth-order valence-electron chi connectivity index (χ4n) is 2.74. The Bertz CT molecular complexity index is 883. The Hall–Kier alpha value is -3.07. The van der Waals surface area contributed by atoms with Gasteiger partial charge in [0.2, 0.25) is 0 Å². The number of hydrogen-bond donors (Lipinski definition) is 0. The van der Waals surface area contributed by atoms with Crippen molar-refractivity contribution < 1.29 is 9.18 Å². The Labute approximate surface area is 139 Å². The van der Waals surface area contributed by atoms with Gasteiger partial charge in [0, 0.05) is 18.2 Å². The number of hydrazone groups is 1. The Balaban J connectivity index is 2.03. The van der Waals surface area contributed by atoms with E-state index in [-0.39, 0.29) is 5.56 Å². The maximum absolute atomic E-state index is 13.9. The van der Waals surface area contributed by atoms with Crippen molar-refractivity contribution >= 4 is 11.6 Å². The summed E-state index contributed by atoms with van der Waals surface area (Å²) in [5.41, 5.74) is 1.14. The van der Waals surface area contributed by atoms with Gasteiger partial charge < -0.3 is 0 Å². The highest BCUT2D eigenvalue weighted by atomic mass is 19.1. The monoisotopic (exact) mass is 322 g/mol. The maximum Gasteiger partial charge on any atom is 0.277 e. The van der Waals surface area contributed by atoms with Crippen molar-refractivity contribution in [3.05, 3.63) is 65.2 Å². The standard InChI is InChI=1S/C18H15FN4O/c1-18(2)9-16(13-6-4-3-5-12(13)10-20)22-23(18)17(24)14-7-8-21-11-15(14)19/h3-8,11H,9H2,1-2H3. The van der Waals surface area contributed by atoms with Crippen LogP contribution in [-0.2, 0) is 0 Å². The molecule has 0 atom stereocenters. The van der Waals surface area contributed by atoms with Gasteiger partial charge >= 0.3 is 0 Å². The number of rotatable bonds is 2. The topological polar surface area (TPSA) is 69.3 Å². The first-order valence-electron chi connectivity index (χ1n) is 7.45. The van der Waals surface area contributed by atoms with E-state index in [2.05, 4.69) is 16.2 Å². The van der Waals surface area contributed by atoms with Crippen LogP contribution < -0.4 is 0 Å². The summed E-state index contributed by atoms with van der Waals surface area (Å²) in [6, 6.07) is 10.6. The number of nitrogens with zero attached hydrogens (tertiary/aromatic N) is 4. The molecule has 1 aromatic heterocycles. The van der Waals surface area contributed by atoms with Gasteiger partial charge in [-0.15, -0.1) is 0 Å². The lowest BCUT2D eigenvalue weighted by Gasteiger charge is -2.28. The van der Waals surface area contributed by atoms with Gasteiger partial charge in [-0.25, -0.2) is 9.40 Å². The largest absolute Gasteiger partial charge is 0.277 e. The number of halogens is 1. The van der Waals surface area contributed by atoms with Gasteiger partial charge in [-0.1, -0.05) is 18.2 Å². The second kappa shape index (κ2) is 5.85. The predicted octanol–water partition coefficient (Wildman–Crippen LogP) is 3.12. The minimum Gasteiger partial charge on any atom is -0.267 e. The van der Waals surface area contributed by atoms with E-state index in [1.807, 2.05) is 19.9 Å². The van der Waals surface area contributed by atoms with Crippen molar-refractivity contribution in [2.75, 3.05) is 0 Å². The van der Waals surface area contributed by atoms with E-state index in [1.165, 1.54) is 17.3 Å². The molecule has 120 valence electrons. The minimum atomic E-state index is -0.681. The fourth-order valence-corrected chi connectivity index (χ4v) is 2.74. The van der Waals surface area contributed by atoms with Gasteiger partial charge in [0.15, 0.2) is 5.82 Å². The van der Waals surface area contributed by atoms with Crippen LogP contribution in [0.25, 0.3) is 0 Å². The van der Waals surface area contributed by atoms with Crippen molar-refractivity contribution in [2.24, 2.45) is 5.10 Å². The first kappa shape index (κ1) is 15.8. The Kier molecular flexibility index (Phi) is 3.86. The summed E-state index contributed by atoms with van der Waals surface area (Å²) in [4.78, 5) is 16.4. The second-order valence-corrected chi connectivity index (χ2v) is 6.17. The Morgan fingerprint density at radius 2 is 2.08 bits per heavy atom. The van der Waals surface area contributed by atoms with Crippen LogP contribution in [0.5, 0.6) is 0 Å². The third-order valence-electron chi connectivity index (χ3n) is 3.95. The Morgan fingerprint density at radius 3 is 2.79 bits per heavy atom. The van der Waals surface area contributed by atoms with Crippen LogP contribution in [0.3, 0.4) is 0 Å². The SMILES string of the molecule is CC1(C)CC(c2ccccc2C#N)=NN1C(=O)c1ccncc1F. The van der Waals surface area contributed by atoms with Crippen molar-refractivity contribution in [2.45, 2.75) is 25.8 Å². The summed E-state index contributed by atoms with van der Waals surface area (Å²) in [7, 11) is 0. The van der Waals surface area contributed by atoms with Crippen LogP contribution in [-0.4, -0.2) is 27.2 Å². The van der Waals surface area contributed by atoms with E-state index in [9.17, 15) is 14.4 Å². The van der Waals surface area contributed by atoms with Crippen molar-refractivity contribution in [3.63, 3.8) is 0 Å². The van der Waals surface area contributed by atoms with Crippen molar-refractivity contribution in [3.8, 4) is 6.07 Å². The fraction of sp³-hybridized carbons (Fsp3) is 0.222. The highest BCUT2D eigenvalue weighted by Gasteiger charge is 2.40. The molecule has 0 aliphatic carbocycles. The molecule has 0 bridgehead atoms. The van der Waals surface area contributed by atoms with E-state index < -0.39 is 17.3 Å². The normalized spacial score (nSPS) is 15.8. The summed E-state index contributed by atoms with van der Waals surface area (Å²) in [5, 5.41) is 14.9. The zero-order valence-electron chi connectivity index (χ0n) is 13.3. The van der Waals surface area contributed by atoms with Crippen molar-refractivity contribution in [1.29, 1.82) is 5.26 Å². The molecular weight excluding hydrogens is 307 g/mol. The summed E-state index contributed by atoms with van der Waals surface area (Å²) in [6.07, 6.45) is 2.85. The quantitative estimate of drug-likeness (QED) is 0.853.